The molecule has 0 N–H and O–H groups in total. The Balaban J connectivity index is 1.69. The van der Waals surface area contributed by atoms with E-state index in [0.29, 0.717) is 6.61 Å². The van der Waals surface area contributed by atoms with Crippen molar-refractivity contribution < 1.29 is 18.7 Å². The number of nitrogens with zero attached hydrogens (tertiary/aromatic N) is 3. The van der Waals surface area contributed by atoms with E-state index in [9.17, 15) is 9.18 Å². The number of aryl methyl sites for hydroxylation is 1. The number of carbonyl (C=O) groups excluding carboxylic acids is 1. The third kappa shape index (κ3) is 4.56. The quantitative estimate of drug-likeness (QED) is 0.370. The molecule has 7 heteroatoms. The molecule has 0 unspecified atom stereocenters. The molecule has 0 saturated heterocycles. The fraction of sp³-hybridized carbons (Fsp3) is 0.200. The number of rotatable bonds is 8. The van der Waals surface area contributed by atoms with Gasteiger partial charge in [-0.15, -0.1) is 0 Å². The van der Waals surface area contributed by atoms with E-state index in [1.165, 1.54) is 12.3 Å². The van der Waals surface area contributed by atoms with Crippen LogP contribution in [0.2, 0.25) is 0 Å². The largest absolute Gasteiger partial charge is 0.489 e. The Labute approximate surface area is 185 Å². The molecule has 32 heavy (non-hydrogen) atoms. The van der Waals surface area contributed by atoms with Crippen molar-refractivity contribution in [2.24, 2.45) is 0 Å². The lowest BCUT2D eigenvalue weighted by atomic mass is 10.2. The number of hydrogen-bond acceptors (Lipinski definition) is 5. The van der Waals surface area contributed by atoms with E-state index in [1.54, 1.807) is 11.9 Å². The second-order valence-corrected chi connectivity index (χ2v) is 7.28. The molecule has 0 amide bonds. The lowest BCUT2D eigenvalue weighted by Gasteiger charge is -2.27. The third-order valence-electron chi connectivity index (χ3n) is 5.03. The SMILES string of the molecule is CCOC(=O)CN(c1ccncc1F)n1c(C)cc2cc(OCc3ccccc3)ccc21. The summed E-state index contributed by atoms with van der Waals surface area (Å²) in [4.78, 5) is 16.1. The van der Waals surface area contributed by atoms with Crippen LogP contribution in [-0.2, 0) is 16.1 Å². The van der Waals surface area contributed by atoms with Crippen LogP contribution >= 0.6 is 0 Å². The highest BCUT2D eigenvalue weighted by atomic mass is 19.1. The Morgan fingerprint density at radius 2 is 1.94 bits per heavy atom. The van der Waals surface area contributed by atoms with Crippen LogP contribution in [0.5, 0.6) is 5.75 Å². The molecule has 2 heterocycles. The molecule has 4 rings (SSSR count). The van der Waals surface area contributed by atoms with Crippen molar-refractivity contribution >= 4 is 22.6 Å². The maximum Gasteiger partial charge on any atom is 0.327 e. The highest BCUT2D eigenvalue weighted by molar-refractivity contribution is 5.85. The molecule has 0 aliphatic rings. The number of anilines is 1. The van der Waals surface area contributed by atoms with Gasteiger partial charge in [-0.1, -0.05) is 30.3 Å². The molecule has 0 bridgehead atoms. The highest BCUT2D eigenvalue weighted by Crippen LogP contribution is 2.29. The van der Waals surface area contributed by atoms with Crippen molar-refractivity contribution in [2.45, 2.75) is 20.5 Å². The van der Waals surface area contributed by atoms with Crippen molar-refractivity contribution in [1.29, 1.82) is 0 Å². The van der Waals surface area contributed by atoms with Gasteiger partial charge in [0.2, 0.25) is 0 Å². The van der Waals surface area contributed by atoms with E-state index in [1.807, 2.05) is 66.2 Å². The number of halogens is 1. The lowest BCUT2D eigenvalue weighted by molar-refractivity contribution is -0.141. The monoisotopic (exact) mass is 433 g/mol. The molecule has 6 nitrogen and oxygen atoms in total. The van der Waals surface area contributed by atoms with Gasteiger partial charge in [0.05, 0.1) is 24.0 Å². The van der Waals surface area contributed by atoms with Crippen LogP contribution in [0, 0.1) is 12.7 Å². The summed E-state index contributed by atoms with van der Waals surface area (Å²) < 4.78 is 27.5. The second kappa shape index (κ2) is 9.51. The summed E-state index contributed by atoms with van der Waals surface area (Å²) in [6, 6.07) is 19.2. The number of pyridine rings is 1. The van der Waals surface area contributed by atoms with E-state index in [4.69, 9.17) is 9.47 Å². The van der Waals surface area contributed by atoms with E-state index in [2.05, 4.69) is 4.98 Å². The highest BCUT2D eigenvalue weighted by Gasteiger charge is 2.21. The van der Waals surface area contributed by atoms with Crippen LogP contribution in [0.4, 0.5) is 10.1 Å². The van der Waals surface area contributed by atoms with Gasteiger partial charge in [-0.05, 0) is 49.7 Å². The van der Waals surface area contributed by atoms with Crippen molar-refractivity contribution in [3.05, 3.63) is 90.1 Å². The number of carbonyl (C=O) groups is 1. The van der Waals surface area contributed by atoms with Crippen molar-refractivity contribution in [1.82, 2.24) is 9.66 Å². The number of aromatic nitrogens is 2. The van der Waals surface area contributed by atoms with E-state index >= 15 is 0 Å². The number of hydrogen-bond donors (Lipinski definition) is 0. The van der Waals surface area contributed by atoms with Crippen LogP contribution in [0.3, 0.4) is 0 Å². The molecule has 0 radical (unpaired) electrons. The molecule has 2 aromatic carbocycles. The zero-order valence-corrected chi connectivity index (χ0v) is 18.0. The van der Waals surface area contributed by atoms with Gasteiger partial charge in [0.1, 0.15) is 18.9 Å². The minimum absolute atomic E-state index is 0.147. The topological polar surface area (TPSA) is 56.6 Å². The standard InChI is InChI=1S/C25H24FN3O3/c1-3-31-25(30)16-28(24-11-12-27-15-22(24)26)29-18(2)13-20-14-21(9-10-23(20)29)32-17-19-7-5-4-6-8-19/h4-15H,3,16-17H2,1-2H3. The molecule has 164 valence electrons. The molecular formula is C25H24FN3O3. The van der Waals surface area contributed by atoms with Crippen LogP contribution in [0.1, 0.15) is 18.2 Å². The summed E-state index contributed by atoms with van der Waals surface area (Å²) in [5.41, 5.74) is 2.96. The summed E-state index contributed by atoms with van der Waals surface area (Å²) in [7, 11) is 0. The Morgan fingerprint density at radius 1 is 1.12 bits per heavy atom. The Morgan fingerprint density at radius 3 is 2.69 bits per heavy atom. The van der Waals surface area contributed by atoms with E-state index in [-0.39, 0.29) is 18.8 Å². The maximum absolute atomic E-state index is 14.6. The average Bonchev–Trinajstić information content (AvgIpc) is 3.12. The van der Waals surface area contributed by atoms with Crippen LogP contribution < -0.4 is 9.75 Å². The molecule has 0 fully saturated rings. The lowest BCUT2D eigenvalue weighted by Crippen LogP contribution is -2.36. The molecule has 4 aromatic rings. The van der Waals surface area contributed by atoms with Crippen LogP contribution in [0.25, 0.3) is 10.9 Å². The smallest absolute Gasteiger partial charge is 0.327 e. The summed E-state index contributed by atoms with van der Waals surface area (Å²) in [6.45, 7) is 4.21. The average molecular weight is 433 g/mol. The fourth-order valence-electron chi connectivity index (χ4n) is 3.64. The maximum atomic E-state index is 14.6. The molecule has 0 saturated carbocycles. The normalized spacial score (nSPS) is 10.8. The molecule has 0 spiro atoms. The van der Waals surface area contributed by atoms with Crippen molar-refractivity contribution in [3.8, 4) is 5.75 Å². The summed E-state index contributed by atoms with van der Waals surface area (Å²) in [5.74, 6) is -0.251. The molecule has 0 atom stereocenters. The van der Waals surface area contributed by atoms with Gasteiger partial charge < -0.3 is 9.47 Å². The van der Waals surface area contributed by atoms with Gasteiger partial charge in [-0.25, -0.2) is 4.39 Å². The molecule has 0 aliphatic heterocycles. The first-order valence-corrected chi connectivity index (χ1v) is 10.4. The molecular weight excluding hydrogens is 409 g/mol. The zero-order chi connectivity index (χ0) is 22.5. The minimum Gasteiger partial charge on any atom is -0.489 e. The van der Waals surface area contributed by atoms with Gasteiger partial charge in [0.25, 0.3) is 0 Å². The van der Waals surface area contributed by atoms with Gasteiger partial charge in [0, 0.05) is 17.3 Å². The van der Waals surface area contributed by atoms with Crippen molar-refractivity contribution in [2.75, 3.05) is 18.2 Å². The fourth-order valence-corrected chi connectivity index (χ4v) is 3.64. The van der Waals surface area contributed by atoms with E-state index < -0.39 is 11.8 Å². The summed E-state index contributed by atoms with van der Waals surface area (Å²) in [6.07, 6.45) is 2.62. The minimum atomic E-state index is -0.527. The predicted molar refractivity (Wildman–Crippen MR) is 121 cm³/mol. The second-order valence-electron chi connectivity index (χ2n) is 7.28. The van der Waals surface area contributed by atoms with Gasteiger partial charge >= 0.3 is 5.97 Å². The predicted octanol–water partition coefficient (Wildman–Crippen LogP) is 4.90. The molecule has 2 aromatic heterocycles. The Bertz CT molecular complexity index is 1220. The summed E-state index contributed by atoms with van der Waals surface area (Å²) in [5, 5.41) is 2.48. The first-order chi connectivity index (χ1) is 15.6. The Hall–Kier alpha value is -3.87. The Kier molecular flexibility index (Phi) is 6.35. The number of ether oxygens (including phenoxy) is 2. The van der Waals surface area contributed by atoms with Gasteiger partial charge in [-0.2, -0.15) is 0 Å². The number of fused-ring (bicyclic) bond motifs is 1. The van der Waals surface area contributed by atoms with Gasteiger partial charge in [0.15, 0.2) is 5.82 Å². The number of esters is 1. The number of benzene rings is 2. The first-order valence-electron chi connectivity index (χ1n) is 10.4. The third-order valence-corrected chi connectivity index (χ3v) is 5.03. The van der Waals surface area contributed by atoms with Crippen molar-refractivity contribution in [3.63, 3.8) is 0 Å². The summed E-state index contributed by atoms with van der Waals surface area (Å²) >= 11 is 0. The van der Waals surface area contributed by atoms with Gasteiger partial charge in [-0.3, -0.25) is 19.5 Å². The zero-order valence-electron chi connectivity index (χ0n) is 18.0. The molecule has 0 aliphatic carbocycles. The van der Waals surface area contributed by atoms with Crippen LogP contribution in [-0.4, -0.2) is 28.8 Å². The van der Waals surface area contributed by atoms with Crippen LogP contribution in [0.15, 0.2) is 73.1 Å². The first kappa shape index (κ1) is 21.4. The van der Waals surface area contributed by atoms with E-state index in [0.717, 1.165) is 34.1 Å².